The van der Waals surface area contributed by atoms with Crippen LogP contribution in [0.15, 0.2) is 48.5 Å². The molecule has 0 spiro atoms. The number of hydrogen-bond acceptors (Lipinski definition) is 4. The van der Waals surface area contributed by atoms with Crippen molar-refractivity contribution >= 4 is 11.8 Å². The lowest BCUT2D eigenvalue weighted by Gasteiger charge is -2.39. The van der Waals surface area contributed by atoms with Crippen molar-refractivity contribution in [3.05, 3.63) is 59.7 Å². The highest BCUT2D eigenvalue weighted by Gasteiger charge is 2.39. The molecule has 1 saturated heterocycles. The van der Waals surface area contributed by atoms with Gasteiger partial charge in [-0.25, -0.2) is 0 Å². The smallest absolute Gasteiger partial charge is 0.254 e. The minimum atomic E-state index is -0.612. The lowest BCUT2D eigenvalue weighted by atomic mass is 9.80. The molecular weight excluding hydrogens is 368 g/mol. The Morgan fingerprint density at radius 1 is 1.07 bits per heavy atom. The van der Waals surface area contributed by atoms with E-state index in [2.05, 4.69) is 5.32 Å². The minimum Gasteiger partial charge on any atom is -0.497 e. The first-order valence-electron chi connectivity index (χ1n) is 9.80. The van der Waals surface area contributed by atoms with Crippen LogP contribution in [0.4, 0.5) is 0 Å². The molecule has 0 aliphatic carbocycles. The maximum atomic E-state index is 12.9. The summed E-state index contributed by atoms with van der Waals surface area (Å²) >= 11 is 0. The molecule has 0 aromatic heterocycles. The summed E-state index contributed by atoms with van der Waals surface area (Å²) < 4.78 is 10.4. The summed E-state index contributed by atoms with van der Waals surface area (Å²) in [7, 11) is 3.20. The van der Waals surface area contributed by atoms with Crippen molar-refractivity contribution in [3.63, 3.8) is 0 Å². The Kier molecular flexibility index (Phi) is 6.42. The number of piperidine rings is 1. The van der Waals surface area contributed by atoms with Crippen molar-refractivity contribution in [3.8, 4) is 11.5 Å². The van der Waals surface area contributed by atoms with E-state index < -0.39 is 5.41 Å². The Hall–Kier alpha value is -3.02. The number of carbonyl (C=O) groups is 2. The second kappa shape index (κ2) is 8.99. The molecule has 1 heterocycles. The fourth-order valence-corrected chi connectivity index (χ4v) is 3.68. The monoisotopic (exact) mass is 396 g/mol. The van der Waals surface area contributed by atoms with Crippen LogP contribution in [0.1, 0.15) is 35.7 Å². The number of rotatable bonds is 6. The van der Waals surface area contributed by atoms with Gasteiger partial charge in [0.1, 0.15) is 11.5 Å². The van der Waals surface area contributed by atoms with Gasteiger partial charge in [0, 0.05) is 25.2 Å². The molecule has 1 atom stereocenters. The molecule has 1 unspecified atom stereocenters. The van der Waals surface area contributed by atoms with Gasteiger partial charge in [-0.05, 0) is 55.7 Å². The van der Waals surface area contributed by atoms with E-state index in [-0.39, 0.29) is 11.8 Å². The Bertz CT molecular complexity index is 865. The highest BCUT2D eigenvalue weighted by Crippen LogP contribution is 2.31. The summed E-state index contributed by atoms with van der Waals surface area (Å²) in [6.07, 6.45) is 1.55. The summed E-state index contributed by atoms with van der Waals surface area (Å²) in [5.74, 6) is 1.33. The van der Waals surface area contributed by atoms with Crippen LogP contribution in [-0.2, 0) is 11.3 Å². The van der Waals surface area contributed by atoms with Crippen LogP contribution in [0.25, 0.3) is 0 Å². The molecule has 0 bridgehead atoms. The fourth-order valence-electron chi connectivity index (χ4n) is 3.68. The number of benzene rings is 2. The number of likely N-dealkylation sites (tertiary alicyclic amines) is 1. The minimum absolute atomic E-state index is 0.0311. The SMILES string of the molecule is COc1ccc(CNC(=O)C2(C)CCCN(C(=O)c3cccc(OC)c3)C2)cc1. The normalized spacial score (nSPS) is 18.8. The van der Waals surface area contributed by atoms with Crippen molar-refractivity contribution < 1.29 is 19.1 Å². The third kappa shape index (κ3) is 4.88. The number of ether oxygens (including phenoxy) is 2. The average molecular weight is 396 g/mol. The molecule has 154 valence electrons. The lowest BCUT2D eigenvalue weighted by molar-refractivity contribution is -0.132. The number of nitrogens with zero attached hydrogens (tertiary/aromatic N) is 1. The first-order valence-corrected chi connectivity index (χ1v) is 9.80. The summed E-state index contributed by atoms with van der Waals surface area (Å²) in [5.41, 5.74) is 0.967. The predicted molar refractivity (Wildman–Crippen MR) is 111 cm³/mol. The number of methoxy groups -OCH3 is 2. The van der Waals surface area contributed by atoms with Gasteiger partial charge in [0.05, 0.1) is 19.6 Å². The zero-order chi connectivity index (χ0) is 20.9. The molecule has 0 radical (unpaired) electrons. The van der Waals surface area contributed by atoms with E-state index in [0.717, 1.165) is 24.2 Å². The highest BCUT2D eigenvalue weighted by molar-refractivity contribution is 5.95. The first-order chi connectivity index (χ1) is 13.9. The highest BCUT2D eigenvalue weighted by atomic mass is 16.5. The predicted octanol–water partition coefficient (Wildman–Crippen LogP) is 3.26. The van der Waals surface area contributed by atoms with Crippen LogP contribution in [0, 0.1) is 5.41 Å². The van der Waals surface area contributed by atoms with Crippen molar-refractivity contribution in [2.45, 2.75) is 26.3 Å². The van der Waals surface area contributed by atoms with Crippen LogP contribution in [0.5, 0.6) is 11.5 Å². The van der Waals surface area contributed by atoms with E-state index in [1.807, 2.05) is 37.3 Å². The molecule has 2 aromatic carbocycles. The number of hydrogen-bond donors (Lipinski definition) is 1. The molecule has 1 fully saturated rings. The molecule has 2 amide bonds. The third-order valence-electron chi connectivity index (χ3n) is 5.46. The molecular formula is C23H28N2O4. The molecule has 1 aliphatic rings. The van der Waals surface area contributed by atoms with Gasteiger partial charge in [-0.3, -0.25) is 9.59 Å². The Labute approximate surface area is 171 Å². The zero-order valence-electron chi connectivity index (χ0n) is 17.2. The number of nitrogens with one attached hydrogen (secondary N) is 1. The Morgan fingerprint density at radius 2 is 1.79 bits per heavy atom. The van der Waals surface area contributed by atoms with Crippen molar-refractivity contribution in [2.75, 3.05) is 27.3 Å². The van der Waals surface area contributed by atoms with E-state index >= 15 is 0 Å². The standard InChI is InChI=1S/C23H28N2O4/c1-23(22(27)24-15-17-8-10-19(28-2)11-9-17)12-5-13-25(16-23)21(26)18-6-4-7-20(14-18)29-3/h4,6-11,14H,5,12-13,15-16H2,1-3H3,(H,24,27). The fraction of sp³-hybridized carbons (Fsp3) is 0.391. The summed E-state index contributed by atoms with van der Waals surface area (Å²) in [5, 5.41) is 3.03. The van der Waals surface area contributed by atoms with Gasteiger partial charge in [-0.2, -0.15) is 0 Å². The molecule has 6 nitrogen and oxygen atoms in total. The first kappa shape index (κ1) is 20.7. The van der Waals surface area contributed by atoms with Crippen LogP contribution in [0.3, 0.4) is 0 Å². The third-order valence-corrected chi connectivity index (χ3v) is 5.46. The van der Waals surface area contributed by atoms with Gasteiger partial charge in [-0.15, -0.1) is 0 Å². The maximum absolute atomic E-state index is 12.9. The van der Waals surface area contributed by atoms with E-state index in [4.69, 9.17) is 9.47 Å². The van der Waals surface area contributed by atoms with Crippen LogP contribution < -0.4 is 14.8 Å². The van der Waals surface area contributed by atoms with E-state index in [9.17, 15) is 9.59 Å². The van der Waals surface area contributed by atoms with Crippen LogP contribution >= 0.6 is 0 Å². The largest absolute Gasteiger partial charge is 0.497 e. The number of carbonyl (C=O) groups excluding carboxylic acids is 2. The van der Waals surface area contributed by atoms with Crippen LogP contribution in [0.2, 0.25) is 0 Å². The van der Waals surface area contributed by atoms with Gasteiger partial charge < -0.3 is 19.7 Å². The van der Waals surface area contributed by atoms with E-state index in [1.165, 1.54) is 0 Å². The topological polar surface area (TPSA) is 67.9 Å². The zero-order valence-corrected chi connectivity index (χ0v) is 17.2. The van der Waals surface area contributed by atoms with Gasteiger partial charge in [0.15, 0.2) is 0 Å². The van der Waals surface area contributed by atoms with Crippen LogP contribution in [-0.4, -0.2) is 44.0 Å². The molecule has 6 heteroatoms. The second-order valence-corrected chi connectivity index (χ2v) is 7.65. The summed E-state index contributed by atoms with van der Waals surface area (Å²) in [6.45, 7) is 3.43. The van der Waals surface area contributed by atoms with Gasteiger partial charge in [0.25, 0.3) is 5.91 Å². The molecule has 1 N–H and O–H groups in total. The second-order valence-electron chi connectivity index (χ2n) is 7.65. The van der Waals surface area contributed by atoms with Gasteiger partial charge in [-0.1, -0.05) is 18.2 Å². The Balaban J connectivity index is 1.63. The van der Waals surface area contributed by atoms with Gasteiger partial charge in [0.2, 0.25) is 5.91 Å². The molecule has 29 heavy (non-hydrogen) atoms. The molecule has 1 aliphatic heterocycles. The van der Waals surface area contributed by atoms with Crippen molar-refractivity contribution in [1.82, 2.24) is 10.2 Å². The summed E-state index contributed by atoms with van der Waals surface area (Å²) in [6, 6.07) is 14.7. The maximum Gasteiger partial charge on any atom is 0.254 e. The van der Waals surface area contributed by atoms with E-state index in [0.29, 0.717) is 30.9 Å². The quantitative estimate of drug-likeness (QED) is 0.814. The molecule has 3 rings (SSSR count). The van der Waals surface area contributed by atoms with E-state index in [1.54, 1.807) is 37.3 Å². The Morgan fingerprint density at radius 3 is 2.48 bits per heavy atom. The van der Waals surface area contributed by atoms with Gasteiger partial charge >= 0.3 is 0 Å². The molecule has 0 saturated carbocycles. The average Bonchev–Trinajstić information content (AvgIpc) is 2.77. The lowest BCUT2D eigenvalue weighted by Crippen LogP contribution is -2.51. The molecule has 2 aromatic rings. The number of amides is 2. The summed E-state index contributed by atoms with van der Waals surface area (Å²) in [4.78, 5) is 27.6. The van der Waals surface area contributed by atoms with Crippen molar-refractivity contribution in [2.24, 2.45) is 5.41 Å². The van der Waals surface area contributed by atoms with Crippen molar-refractivity contribution in [1.29, 1.82) is 0 Å².